The number of aryl methyl sites for hydroxylation is 1. The number of aromatic hydroxyl groups is 1. The lowest BCUT2D eigenvalue weighted by molar-refractivity contribution is -0.163. The van der Waals surface area contributed by atoms with E-state index in [4.69, 9.17) is 51.1 Å². The average molecular weight is 1010 g/mol. The summed E-state index contributed by atoms with van der Waals surface area (Å²) < 4.78 is 63.0. The molecule has 0 radical (unpaired) electrons. The Balaban J connectivity index is 1.37. The van der Waals surface area contributed by atoms with E-state index in [-0.39, 0.29) is 58.6 Å². The number of thiophene rings is 1. The van der Waals surface area contributed by atoms with Crippen LogP contribution in [0.4, 0.5) is 0 Å². The highest BCUT2D eigenvalue weighted by molar-refractivity contribution is 9.11. The molecule has 0 fully saturated rings. The van der Waals surface area contributed by atoms with Crippen LogP contribution in [-0.2, 0) is 41.6 Å². The summed E-state index contributed by atoms with van der Waals surface area (Å²) >= 11 is 19.3. The standard InChI is InChI=1S/C47H47BrCl2N2O10S2/c1-8-20-57-24-33(25-59-64(55,56)34-17-14-27(2)15-18-34)60-42-40(49)28(3)37(29(4)41(42)50)38-39-44(51-26-52-45(39)63-43(38)48)61-36(46(54)62-47(5,6)7)22-31-21-32(53)16-19-35(31)58-23-30-12-10-9-11-13-30/h8-19,21,26,33,36,53H,1,20,22-25H2,2-7H3/t33-,36-/m1/s1. The number of phenols is 1. The van der Waals surface area contributed by atoms with Crippen LogP contribution in [0.5, 0.6) is 23.1 Å². The van der Waals surface area contributed by atoms with Gasteiger partial charge in [0.2, 0.25) is 12.0 Å². The molecule has 0 aliphatic heterocycles. The summed E-state index contributed by atoms with van der Waals surface area (Å²) in [6.45, 7) is 14.3. The number of hydrogen-bond donors (Lipinski definition) is 1. The van der Waals surface area contributed by atoms with Crippen molar-refractivity contribution < 1.29 is 46.2 Å². The molecule has 0 unspecified atom stereocenters. The lowest BCUT2D eigenvalue weighted by atomic mass is 9.95. The van der Waals surface area contributed by atoms with Crippen molar-refractivity contribution in [3.05, 3.63) is 133 Å². The molecule has 2 atom stereocenters. The number of carbonyl (C=O) groups is 1. The largest absolute Gasteiger partial charge is 0.508 e. The van der Waals surface area contributed by atoms with Crippen LogP contribution in [0.25, 0.3) is 21.3 Å². The Morgan fingerprint density at radius 3 is 2.28 bits per heavy atom. The number of halogens is 3. The first kappa shape index (κ1) is 48.7. The zero-order valence-electron chi connectivity index (χ0n) is 35.9. The number of nitrogens with zero attached hydrogens (tertiary/aromatic N) is 2. The first-order chi connectivity index (χ1) is 30.4. The van der Waals surface area contributed by atoms with Crippen LogP contribution in [-0.4, -0.2) is 67.1 Å². The maximum atomic E-state index is 14.0. The minimum Gasteiger partial charge on any atom is -0.508 e. The SMILES string of the molecule is C=CCOC[C@H](COS(=O)(=O)c1ccc(C)cc1)Oc1c(Cl)c(C)c(-c2c(Br)sc3ncnc(O[C@H](Cc4cc(O)ccc4OCc4ccccc4)C(=O)OC(C)(C)C)c23)c(C)c1Cl. The second-order valence-corrected chi connectivity index (χ2v) is 20.4. The van der Waals surface area contributed by atoms with Crippen LogP contribution in [0.2, 0.25) is 10.0 Å². The highest BCUT2D eigenvalue weighted by Gasteiger charge is 2.33. The molecule has 0 amide bonds. The maximum absolute atomic E-state index is 14.0. The lowest BCUT2D eigenvalue weighted by Crippen LogP contribution is -2.37. The van der Waals surface area contributed by atoms with Gasteiger partial charge in [-0.2, -0.15) is 8.42 Å². The summed E-state index contributed by atoms with van der Waals surface area (Å²) in [7, 11) is -4.15. The van der Waals surface area contributed by atoms with E-state index in [2.05, 4.69) is 32.5 Å². The fraction of sp³-hybridized carbons (Fsp3) is 0.298. The number of carbonyl (C=O) groups excluding carboxylic acids is 1. The Hall–Kier alpha value is -4.74. The van der Waals surface area contributed by atoms with Gasteiger partial charge in [0.1, 0.15) is 47.6 Å². The molecule has 12 nitrogen and oxygen atoms in total. The Bertz CT molecular complexity index is 2720. The highest BCUT2D eigenvalue weighted by Crippen LogP contribution is 2.52. The average Bonchev–Trinajstić information content (AvgIpc) is 3.58. The fourth-order valence-corrected chi connectivity index (χ4v) is 9.76. The van der Waals surface area contributed by atoms with Gasteiger partial charge in [-0.25, -0.2) is 14.8 Å². The first-order valence-corrected chi connectivity index (χ1v) is 23.7. The van der Waals surface area contributed by atoms with Crippen LogP contribution >= 0.6 is 50.5 Å². The van der Waals surface area contributed by atoms with Gasteiger partial charge in [-0.1, -0.05) is 77.3 Å². The Morgan fingerprint density at radius 2 is 1.62 bits per heavy atom. The van der Waals surface area contributed by atoms with E-state index in [0.717, 1.165) is 11.1 Å². The lowest BCUT2D eigenvalue weighted by Gasteiger charge is -2.25. The number of rotatable bonds is 19. The number of esters is 1. The predicted octanol–water partition coefficient (Wildman–Crippen LogP) is 11.3. The van der Waals surface area contributed by atoms with E-state index in [1.165, 1.54) is 41.9 Å². The molecule has 4 aromatic carbocycles. The number of fused-ring (bicyclic) bond motifs is 1. The summed E-state index contributed by atoms with van der Waals surface area (Å²) in [4.78, 5) is 23.6. The third-order valence-corrected chi connectivity index (χ3v) is 13.6. The van der Waals surface area contributed by atoms with Gasteiger partial charge in [0.25, 0.3) is 10.1 Å². The fourth-order valence-electron chi connectivity index (χ4n) is 6.59. The van der Waals surface area contributed by atoms with Crippen LogP contribution < -0.4 is 14.2 Å². The molecule has 338 valence electrons. The highest BCUT2D eigenvalue weighted by atomic mass is 79.9. The molecule has 2 aromatic heterocycles. The molecule has 0 saturated heterocycles. The smallest absolute Gasteiger partial charge is 0.348 e. The van der Waals surface area contributed by atoms with Crippen molar-refractivity contribution in [1.82, 2.24) is 9.97 Å². The van der Waals surface area contributed by atoms with Gasteiger partial charge in [0, 0.05) is 17.5 Å². The van der Waals surface area contributed by atoms with E-state index >= 15 is 0 Å². The monoisotopic (exact) mass is 1010 g/mol. The first-order valence-electron chi connectivity index (χ1n) is 20.0. The van der Waals surface area contributed by atoms with E-state index in [1.54, 1.807) is 58.9 Å². The molecule has 0 aliphatic rings. The Kier molecular flexibility index (Phi) is 16.0. The molecule has 0 spiro atoms. The molecular formula is C47H47BrCl2N2O10S2. The summed E-state index contributed by atoms with van der Waals surface area (Å²) in [5, 5.41) is 11.3. The summed E-state index contributed by atoms with van der Waals surface area (Å²) in [5.74, 6) is -0.0917. The quantitative estimate of drug-likeness (QED) is 0.0356. The van der Waals surface area contributed by atoms with Crippen molar-refractivity contribution in [3.8, 4) is 34.3 Å². The maximum Gasteiger partial charge on any atom is 0.348 e. The van der Waals surface area contributed by atoms with Gasteiger partial charge in [0.15, 0.2) is 5.75 Å². The molecule has 6 aromatic rings. The minimum absolute atomic E-state index is 0.00811. The third-order valence-electron chi connectivity index (χ3n) is 9.62. The van der Waals surface area contributed by atoms with Gasteiger partial charge >= 0.3 is 5.97 Å². The van der Waals surface area contributed by atoms with Crippen molar-refractivity contribution in [2.45, 2.75) is 77.3 Å². The zero-order valence-corrected chi connectivity index (χ0v) is 40.7. The molecule has 0 bridgehead atoms. The van der Waals surface area contributed by atoms with E-state index in [9.17, 15) is 18.3 Å². The molecule has 1 N–H and O–H groups in total. The number of hydrogen-bond acceptors (Lipinski definition) is 13. The summed E-state index contributed by atoms with van der Waals surface area (Å²) in [5.41, 5.74) is 3.75. The number of aromatic nitrogens is 2. The second kappa shape index (κ2) is 21.0. The van der Waals surface area contributed by atoms with Crippen molar-refractivity contribution in [2.75, 3.05) is 19.8 Å². The Morgan fingerprint density at radius 1 is 0.938 bits per heavy atom. The van der Waals surface area contributed by atoms with Crippen LogP contribution in [0.15, 0.2) is 100 Å². The molecule has 2 heterocycles. The number of benzene rings is 4. The van der Waals surface area contributed by atoms with E-state index < -0.39 is 40.5 Å². The van der Waals surface area contributed by atoms with E-state index in [1.807, 2.05) is 37.3 Å². The van der Waals surface area contributed by atoms with Crippen LogP contribution in [0.1, 0.15) is 48.6 Å². The summed E-state index contributed by atoms with van der Waals surface area (Å²) in [6, 6.07) is 20.6. The van der Waals surface area contributed by atoms with Gasteiger partial charge in [-0.3, -0.25) is 4.18 Å². The minimum atomic E-state index is -4.15. The van der Waals surface area contributed by atoms with Gasteiger partial charge in [0.05, 0.1) is 37.3 Å². The predicted molar refractivity (Wildman–Crippen MR) is 253 cm³/mol. The molecular weight excluding hydrogens is 967 g/mol. The molecule has 17 heteroatoms. The molecule has 64 heavy (non-hydrogen) atoms. The van der Waals surface area contributed by atoms with Crippen LogP contribution in [0, 0.1) is 20.8 Å². The summed E-state index contributed by atoms with van der Waals surface area (Å²) in [6.07, 6.45) is 0.589. The van der Waals surface area contributed by atoms with E-state index in [0.29, 0.717) is 47.6 Å². The molecule has 6 rings (SSSR count). The van der Waals surface area contributed by atoms with Crippen molar-refractivity contribution >= 4 is 76.8 Å². The van der Waals surface area contributed by atoms with Crippen molar-refractivity contribution in [1.29, 1.82) is 0 Å². The normalized spacial score (nSPS) is 12.8. The van der Waals surface area contributed by atoms with Gasteiger partial charge < -0.3 is 28.8 Å². The van der Waals surface area contributed by atoms with Gasteiger partial charge in [-0.15, -0.1) is 17.9 Å². The third kappa shape index (κ3) is 11.9. The zero-order chi connectivity index (χ0) is 46.3. The Labute approximate surface area is 395 Å². The van der Waals surface area contributed by atoms with Gasteiger partial charge in [-0.05, 0) is 110 Å². The second-order valence-electron chi connectivity index (χ2n) is 15.7. The number of ether oxygens (including phenoxy) is 5. The van der Waals surface area contributed by atoms with Crippen molar-refractivity contribution in [2.24, 2.45) is 0 Å². The van der Waals surface area contributed by atoms with Crippen molar-refractivity contribution in [3.63, 3.8) is 0 Å². The topological polar surface area (TPSA) is 153 Å². The number of phenolic OH excluding ortho intramolecular Hbond substituents is 1. The van der Waals surface area contributed by atoms with Crippen LogP contribution in [0.3, 0.4) is 0 Å². The molecule has 0 aliphatic carbocycles. The molecule has 0 saturated carbocycles.